The predicted molar refractivity (Wildman–Crippen MR) is 76.6 cm³/mol. The lowest BCUT2D eigenvalue weighted by Gasteiger charge is -2.05. The summed E-state index contributed by atoms with van der Waals surface area (Å²) in [6.45, 7) is 0.464. The molecule has 2 N–H and O–H groups in total. The van der Waals surface area contributed by atoms with E-state index in [1.165, 1.54) is 0 Å². The number of aromatic nitrogens is 2. The Morgan fingerprint density at radius 3 is 2.81 bits per heavy atom. The molecule has 0 unspecified atom stereocenters. The van der Waals surface area contributed by atoms with Gasteiger partial charge in [0.2, 0.25) is 5.91 Å². The fourth-order valence-corrected chi connectivity index (χ4v) is 2.06. The van der Waals surface area contributed by atoms with Crippen molar-refractivity contribution in [3.63, 3.8) is 0 Å². The summed E-state index contributed by atoms with van der Waals surface area (Å²) in [5.74, 6) is -0.582. The fraction of sp³-hybridized carbons (Fsp3) is 0.133. The molecule has 3 aromatic rings. The number of fused-ring (bicyclic) bond motifs is 1. The molecule has 0 atom stereocenters. The van der Waals surface area contributed by atoms with Crippen molar-refractivity contribution in [2.24, 2.45) is 0 Å². The van der Waals surface area contributed by atoms with Gasteiger partial charge in [0, 0.05) is 18.9 Å². The molecule has 3 rings (SSSR count). The number of carbonyl (C=O) groups excluding carboxylic acids is 1. The number of nitrogens with one attached hydrogen (secondary N) is 2. The number of benzene rings is 1. The molecular weight excluding hydrogens is 270 g/mol. The third-order valence-corrected chi connectivity index (χ3v) is 3.09. The highest BCUT2D eigenvalue weighted by molar-refractivity contribution is 5.80. The molecule has 0 aliphatic rings. The van der Waals surface area contributed by atoms with E-state index in [4.69, 9.17) is 4.42 Å². The SMILES string of the molecule is O=C(Cc1ccc2oc(=O)[nH]c2c1)NCc1ccncc1. The van der Waals surface area contributed by atoms with Gasteiger partial charge in [-0.15, -0.1) is 0 Å². The molecule has 0 saturated heterocycles. The first-order valence-corrected chi connectivity index (χ1v) is 6.48. The monoisotopic (exact) mass is 283 g/mol. The van der Waals surface area contributed by atoms with Crippen LogP contribution in [0.1, 0.15) is 11.1 Å². The Morgan fingerprint density at radius 1 is 1.19 bits per heavy atom. The van der Waals surface area contributed by atoms with Crippen LogP contribution in [0.2, 0.25) is 0 Å². The number of nitrogens with zero attached hydrogens (tertiary/aromatic N) is 1. The van der Waals surface area contributed by atoms with Crippen LogP contribution in [0.25, 0.3) is 11.1 Å². The van der Waals surface area contributed by atoms with E-state index < -0.39 is 5.76 Å². The molecule has 2 aromatic heterocycles. The zero-order valence-electron chi connectivity index (χ0n) is 11.1. The molecule has 0 saturated carbocycles. The number of amides is 1. The zero-order valence-corrected chi connectivity index (χ0v) is 11.1. The third-order valence-electron chi connectivity index (χ3n) is 3.09. The van der Waals surface area contributed by atoms with E-state index in [-0.39, 0.29) is 12.3 Å². The van der Waals surface area contributed by atoms with Gasteiger partial charge in [0.15, 0.2) is 5.58 Å². The highest BCUT2D eigenvalue weighted by atomic mass is 16.4. The van der Waals surface area contributed by atoms with Crippen molar-refractivity contribution in [2.45, 2.75) is 13.0 Å². The summed E-state index contributed by atoms with van der Waals surface area (Å²) in [7, 11) is 0. The molecule has 6 heteroatoms. The Kier molecular flexibility index (Phi) is 3.51. The Morgan fingerprint density at radius 2 is 2.00 bits per heavy atom. The third kappa shape index (κ3) is 3.17. The maximum absolute atomic E-state index is 11.9. The van der Waals surface area contributed by atoms with Crippen molar-refractivity contribution in [1.82, 2.24) is 15.3 Å². The van der Waals surface area contributed by atoms with Crippen LogP contribution in [-0.4, -0.2) is 15.9 Å². The largest absolute Gasteiger partial charge is 0.417 e. The Labute approximate surface area is 119 Å². The first kappa shape index (κ1) is 13.1. The minimum Gasteiger partial charge on any atom is -0.408 e. The number of hydrogen-bond donors (Lipinski definition) is 2. The maximum Gasteiger partial charge on any atom is 0.417 e. The lowest BCUT2D eigenvalue weighted by molar-refractivity contribution is -0.120. The zero-order chi connectivity index (χ0) is 14.7. The van der Waals surface area contributed by atoms with Crippen LogP contribution in [0.4, 0.5) is 0 Å². The van der Waals surface area contributed by atoms with Crippen LogP contribution < -0.4 is 11.1 Å². The molecule has 106 valence electrons. The van der Waals surface area contributed by atoms with Crippen LogP contribution in [0.15, 0.2) is 51.9 Å². The quantitative estimate of drug-likeness (QED) is 0.757. The number of pyridine rings is 1. The molecule has 2 heterocycles. The highest BCUT2D eigenvalue weighted by Gasteiger charge is 2.06. The van der Waals surface area contributed by atoms with Crippen LogP contribution in [0, 0.1) is 0 Å². The Hall–Kier alpha value is -2.89. The fourth-order valence-electron chi connectivity index (χ4n) is 2.06. The molecule has 0 bridgehead atoms. The van der Waals surface area contributed by atoms with Gasteiger partial charge in [-0.25, -0.2) is 4.79 Å². The minimum absolute atomic E-state index is 0.0861. The van der Waals surface area contributed by atoms with E-state index in [0.29, 0.717) is 17.6 Å². The summed E-state index contributed by atoms with van der Waals surface area (Å²) < 4.78 is 4.92. The van der Waals surface area contributed by atoms with E-state index in [9.17, 15) is 9.59 Å². The summed E-state index contributed by atoms with van der Waals surface area (Å²) in [5, 5.41) is 2.84. The van der Waals surface area contributed by atoms with E-state index in [0.717, 1.165) is 11.1 Å². The van der Waals surface area contributed by atoms with Gasteiger partial charge in [0.05, 0.1) is 11.9 Å². The van der Waals surface area contributed by atoms with Gasteiger partial charge in [-0.05, 0) is 35.4 Å². The number of hydrogen-bond acceptors (Lipinski definition) is 4. The molecule has 0 spiro atoms. The van der Waals surface area contributed by atoms with Crippen molar-refractivity contribution in [3.05, 3.63) is 64.4 Å². The van der Waals surface area contributed by atoms with Crippen molar-refractivity contribution >= 4 is 17.0 Å². The molecule has 0 aliphatic carbocycles. The van der Waals surface area contributed by atoms with E-state index in [1.807, 2.05) is 12.1 Å². The summed E-state index contributed by atoms with van der Waals surface area (Å²) in [6.07, 6.45) is 3.61. The minimum atomic E-state index is -0.496. The molecule has 1 aromatic carbocycles. The van der Waals surface area contributed by atoms with Gasteiger partial charge in [-0.1, -0.05) is 6.07 Å². The number of rotatable bonds is 4. The van der Waals surface area contributed by atoms with Gasteiger partial charge in [-0.3, -0.25) is 14.8 Å². The molecule has 0 fully saturated rings. The lowest BCUT2D eigenvalue weighted by atomic mass is 10.1. The Balaban J connectivity index is 1.64. The lowest BCUT2D eigenvalue weighted by Crippen LogP contribution is -2.24. The van der Waals surface area contributed by atoms with Crippen molar-refractivity contribution in [1.29, 1.82) is 0 Å². The summed E-state index contributed by atoms with van der Waals surface area (Å²) in [5.41, 5.74) is 2.89. The Bertz CT molecular complexity index is 821. The molecule has 0 radical (unpaired) electrons. The molecule has 6 nitrogen and oxygen atoms in total. The number of H-pyrrole nitrogens is 1. The van der Waals surface area contributed by atoms with Crippen LogP contribution in [0.5, 0.6) is 0 Å². The van der Waals surface area contributed by atoms with Gasteiger partial charge >= 0.3 is 5.76 Å². The van der Waals surface area contributed by atoms with E-state index in [1.54, 1.807) is 30.6 Å². The van der Waals surface area contributed by atoms with Gasteiger partial charge in [-0.2, -0.15) is 0 Å². The summed E-state index contributed by atoms with van der Waals surface area (Å²) >= 11 is 0. The first-order valence-electron chi connectivity index (χ1n) is 6.48. The number of aromatic amines is 1. The van der Waals surface area contributed by atoms with Gasteiger partial charge < -0.3 is 9.73 Å². The molecule has 21 heavy (non-hydrogen) atoms. The predicted octanol–water partition coefficient (Wildman–Crippen LogP) is 1.38. The van der Waals surface area contributed by atoms with Crippen LogP contribution in [0.3, 0.4) is 0 Å². The van der Waals surface area contributed by atoms with Gasteiger partial charge in [0.1, 0.15) is 0 Å². The number of carbonyl (C=O) groups is 1. The standard InChI is InChI=1S/C15H13N3O3/c19-14(17-9-10-3-5-16-6-4-10)8-11-1-2-13-12(7-11)18-15(20)21-13/h1-7H,8-9H2,(H,17,19)(H,18,20). The average Bonchev–Trinajstić information content (AvgIpc) is 2.85. The van der Waals surface area contributed by atoms with E-state index in [2.05, 4.69) is 15.3 Å². The van der Waals surface area contributed by atoms with Crippen molar-refractivity contribution in [3.8, 4) is 0 Å². The molecule has 0 aliphatic heterocycles. The summed E-state index contributed by atoms with van der Waals surface area (Å²) in [6, 6.07) is 8.89. The maximum atomic E-state index is 11.9. The number of oxazole rings is 1. The van der Waals surface area contributed by atoms with E-state index >= 15 is 0 Å². The van der Waals surface area contributed by atoms with Crippen molar-refractivity contribution < 1.29 is 9.21 Å². The molecular formula is C15H13N3O3. The topological polar surface area (TPSA) is 88.0 Å². The van der Waals surface area contributed by atoms with Gasteiger partial charge in [0.25, 0.3) is 0 Å². The van der Waals surface area contributed by atoms with Crippen LogP contribution in [-0.2, 0) is 17.8 Å². The normalized spacial score (nSPS) is 10.7. The summed E-state index contributed by atoms with van der Waals surface area (Å²) in [4.78, 5) is 29.5. The molecule has 1 amide bonds. The van der Waals surface area contributed by atoms with Crippen LogP contribution >= 0.6 is 0 Å². The second kappa shape index (κ2) is 5.62. The average molecular weight is 283 g/mol. The second-order valence-corrected chi connectivity index (χ2v) is 4.65. The second-order valence-electron chi connectivity index (χ2n) is 4.65. The smallest absolute Gasteiger partial charge is 0.408 e. The first-order chi connectivity index (χ1) is 10.2. The van der Waals surface area contributed by atoms with Crippen molar-refractivity contribution in [2.75, 3.05) is 0 Å². The highest BCUT2D eigenvalue weighted by Crippen LogP contribution is 2.12.